The maximum Gasteiger partial charge on any atom is 0.290 e. The van der Waals surface area contributed by atoms with Gasteiger partial charge in [0.05, 0.1) is 29.7 Å². The average molecular weight is 405 g/mol. The van der Waals surface area contributed by atoms with Crippen molar-refractivity contribution in [3.8, 4) is 0 Å². The number of amides is 1. The van der Waals surface area contributed by atoms with Crippen molar-refractivity contribution >= 4 is 34.4 Å². The minimum atomic E-state index is -0.534. The molecule has 2 aliphatic rings. The summed E-state index contributed by atoms with van der Waals surface area (Å²) in [5, 5.41) is 14.3. The van der Waals surface area contributed by atoms with Crippen molar-refractivity contribution in [2.75, 3.05) is 39.4 Å². The highest BCUT2D eigenvalue weighted by atomic mass is 32.1. The predicted molar refractivity (Wildman–Crippen MR) is 104 cm³/mol. The van der Waals surface area contributed by atoms with E-state index in [0.717, 1.165) is 18.0 Å². The molecule has 2 aromatic heterocycles. The third-order valence-corrected chi connectivity index (χ3v) is 6.66. The number of carbonyl (C=O) groups is 2. The zero-order valence-corrected chi connectivity index (χ0v) is 16.3. The Labute approximate surface area is 165 Å². The molecule has 0 spiro atoms. The van der Waals surface area contributed by atoms with Gasteiger partial charge in [-0.25, -0.2) is 0 Å². The summed E-state index contributed by atoms with van der Waals surface area (Å²) in [6.07, 6.45) is 0. The number of hydrogen-bond donors (Lipinski definition) is 1. The molecule has 0 saturated carbocycles. The van der Waals surface area contributed by atoms with E-state index in [2.05, 4.69) is 4.90 Å². The zero-order chi connectivity index (χ0) is 18.8. The second-order valence-corrected chi connectivity index (χ2v) is 8.37. The molecule has 1 fully saturated rings. The van der Waals surface area contributed by atoms with Gasteiger partial charge in [0, 0.05) is 31.1 Å². The fourth-order valence-corrected chi connectivity index (χ4v) is 5.00. The Hall–Kier alpha value is -2.00. The van der Waals surface area contributed by atoms with Crippen LogP contribution in [-0.4, -0.2) is 66.0 Å². The summed E-state index contributed by atoms with van der Waals surface area (Å²) in [6, 6.07) is 6.79. The first-order valence-corrected chi connectivity index (χ1v) is 10.6. The van der Waals surface area contributed by atoms with E-state index in [1.807, 2.05) is 22.9 Å². The molecule has 1 saturated heterocycles. The van der Waals surface area contributed by atoms with E-state index in [9.17, 15) is 14.7 Å². The fourth-order valence-electron chi connectivity index (χ4n) is 3.47. The van der Waals surface area contributed by atoms with Crippen LogP contribution in [0.25, 0.3) is 0 Å². The second kappa shape index (κ2) is 7.93. The second-order valence-electron chi connectivity index (χ2n) is 6.44. The number of rotatable bonds is 6. The molecule has 2 aromatic rings. The Kier molecular flexibility index (Phi) is 5.40. The summed E-state index contributed by atoms with van der Waals surface area (Å²) in [5.74, 6) is -1.17. The maximum absolute atomic E-state index is 13.0. The van der Waals surface area contributed by atoms with Gasteiger partial charge in [0.1, 0.15) is 0 Å². The lowest BCUT2D eigenvalue weighted by atomic mass is 10.0. The standard InChI is InChI=1S/C19H20N2O4S2/c22-17(14-4-2-12-27-14)15-16(13-3-1-11-26-13)21(19(24)18(15)23)6-5-20-7-9-25-10-8-20/h1-4,11-12,16,23H,5-10H2. The van der Waals surface area contributed by atoms with E-state index in [-0.39, 0.29) is 11.4 Å². The van der Waals surface area contributed by atoms with Gasteiger partial charge in [-0.3, -0.25) is 14.5 Å². The first-order valence-electron chi connectivity index (χ1n) is 8.82. The number of morpholine rings is 1. The van der Waals surface area contributed by atoms with Crippen molar-refractivity contribution < 1.29 is 19.4 Å². The van der Waals surface area contributed by atoms with Crippen molar-refractivity contribution in [3.05, 3.63) is 56.1 Å². The minimum absolute atomic E-state index is 0.187. The van der Waals surface area contributed by atoms with Crippen LogP contribution in [0.3, 0.4) is 0 Å². The molecule has 27 heavy (non-hydrogen) atoms. The van der Waals surface area contributed by atoms with Gasteiger partial charge in [0.2, 0.25) is 5.78 Å². The largest absolute Gasteiger partial charge is 0.503 e. The summed E-state index contributed by atoms with van der Waals surface area (Å²) in [6.45, 7) is 4.16. The van der Waals surface area contributed by atoms with E-state index < -0.39 is 17.7 Å². The molecule has 0 radical (unpaired) electrons. The van der Waals surface area contributed by atoms with Gasteiger partial charge in [-0.05, 0) is 22.9 Å². The molecule has 2 aliphatic heterocycles. The van der Waals surface area contributed by atoms with Gasteiger partial charge < -0.3 is 14.7 Å². The summed E-state index contributed by atoms with van der Waals surface area (Å²) in [5.41, 5.74) is 0.187. The highest BCUT2D eigenvalue weighted by molar-refractivity contribution is 7.12. The SMILES string of the molecule is O=C(C1=C(O)C(=O)N(CCN2CCOCC2)C1c1cccs1)c1cccs1. The van der Waals surface area contributed by atoms with Crippen LogP contribution < -0.4 is 0 Å². The van der Waals surface area contributed by atoms with Crippen molar-refractivity contribution in [1.29, 1.82) is 0 Å². The average Bonchev–Trinajstić information content (AvgIpc) is 3.43. The molecule has 0 aliphatic carbocycles. The van der Waals surface area contributed by atoms with Crippen molar-refractivity contribution in [3.63, 3.8) is 0 Å². The summed E-state index contributed by atoms with van der Waals surface area (Å²) in [7, 11) is 0. The molecule has 6 nitrogen and oxygen atoms in total. The number of nitrogens with zero attached hydrogens (tertiary/aromatic N) is 2. The Morgan fingerprint density at radius 1 is 1.15 bits per heavy atom. The zero-order valence-electron chi connectivity index (χ0n) is 14.7. The Bertz CT molecular complexity index is 839. The number of aliphatic hydroxyl groups is 1. The number of ketones is 1. The van der Waals surface area contributed by atoms with E-state index in [1.165, 1.54) is 22.7 Å². The van der Waals surface area contributed by atoms with E-state index in [0.29, 0.717) is 31.2 Å². The number of ether oxygens (including phenoxy) is 1. The lowest BCUT2D eigenvalue weighted by Crippen LogP contribution is -2.43. The Morgan fingerprint density at radius 3 is 2.56 bits per heavy atom. The Balaban J connectivity index is 1.62. The van der Waals surface area contributed by atoms with Crippen molar-refractivity contribution in [1.82, 2.24) is 9.80 Å². The van der Waals surface area contributed by atoms with E-state index in [1.54, 1.807) is 17.0 Å². The van der Waals surface area contributed by atoms with E-state index >= 15 is 0 Å². The van der Waals surface area contributed by atoms with E-state index in [4.69, 9.17) is 4.74 Å². The lowest BCUT2D eigenvalue weighted by Gasteiger charge is -2.31. The summed E-state index contributed by atoms with van der Waals surface area (Å²) in [4.78, 5) is 31.1. The van der Waals surface area contributed by atoms with Gasteiger partial charge in [-0.15, -0.1) is 22.7 Å². The lowest BCUT2D eigenvalue weighted by molar-refractivity contribution is -0.129. The molecule has 1 atom stereocenters. The van der Waals surface area contributed by atoms with Crippen molar-refractivity contribution in [2.24, 2.45) is 0 Å². The van der Waals surface area contributed by atoms with Crippen LogP contribution in [0.1, 0.15) is 20.6 Å². The van der Waals surface area contributed by atoms with Crippen LogP contribution in [0.4, 0.5) is 0 Å². The molecular formula is C19H20N2O4S2. The monoisotopic (exact) mass is 404 g/mol. The molecule has 142 valence electrons. The summed E-state index contributed by atoms with van der Waals surface area (Å²) < 4.78 is 5.37. The minimum Gasteiger partial charge on any atom is -0.503 e. The molecule has 1 amide bonds. The topological polar surface area (TPSA) is 70.1 Å². The molecule has 4 rings (SSSR count). The van der Waals surface area contributed by atoms with Crippen LogP contribution in [0.5, 0.6) is 0 Å². The number of Topliss-reactive ketones (excluding diaryl/α,β-unsaturated/α-hetero) is 1. The molecule has 0 aromatic carbocycles. The van der Waals surface area contributed by atoms with Gasteiger partial charge in [0.25, 0.3) is 5.91 Å². The molecule has 4 heterocycles. The number of carbonyl (C=O) groups excluding carboxylic acids is 2. The highest BCUT2D eigenvalue weighted by Gasteiger charge is 2.44. The van der Waals surface area contributed by atoms with Gasteiger partial charge in [-0.1, -0.05) is 12.1 Å². The smallest absolute Gasteiger partial charge is 0.290 e. The van der Waals surface area contributed by atoms with Gasteiger partial charge in [-0.2, -0.15) is 0 Å². The van der Waals surface area contributed by atoms with Gasteiger partial charge in [0.15, 0.2) is 5.76 Å². The van der Waals surface area contributed by atoms with Crippen LogP contribution >= 0.6 is 22.7 Å². The number of thiophene rings is 2. The maximum atomic E-state index is 13.0. The van der Waals surface area contributed by atoms with Gasteiger partial charge >= 0.3 is 0 Å². The summed E-state index contributed by atoms with van der Waals surface area (Å²) >= 11 is 2.80. The molecule has 0 bridgehead atoms. The van der Waals surface area contributed by atoms with Crippen LogP contribution in [0, 0.1) is 0 Å². The number of aliphatic hydroxyl groups excluding tert-OH is 1. The predicted octanol–water partition coefficient (Wildman–Crippen LogP) is 2.72. The first kappa shape index (κ1) is 18.4. The van der Waals surface area contributed by atoms with Crippen LogP contribution in [0.2, 0.25) is 0 Å². The van der Waals surface area contributed by atoms with Crippen LogP contribution in [-0.2, 0) is 9.53 Å². The van der Waals surface area contributed by atoms with Crippen LogP contribution in [0.15, 0.2) is 46.4 Å². The first-order chi connectivity index (χ1) is 13.2. The fraction of sp³-hybridized carbons (Fsp3) is 0.368. The number of hydrogen-bond acceptors (Lipinski definition) is 7. The van der Waals surface area contributed by atoms with Crippen molar-refractivity contribution in [2.45, 2.75) is 6.04 Å². The normalized spacial score (nSPS) is 21.3. The highest BCUT2D eigenvalue weighted by Crippen LogP contribution is 2.40. The third-order valence-electron chi connectivity index (χ3n) is 4.87. The molecular weight excluding hydrogens is 384 g/mol. The Morgan fingerprint density at radius 2 is 1.89 bits per heavy atom. The molecule has 1 N–H and O–H groups in total. The quantitative estimate of drug-likeness (QED) is 0.750. The molecule has 8 heteroatoms. The third kappa shape index (κ3) is 3.58. The molecule has 1 unspecified atom stereocenters.